The third-order valence-electron chi connectivity index (χ3n) is 4.12. The minimum atomic E-state index is -0.0526. The Bertz CT molecular complexity index is 490. The van der Waals surface area contributed by atoms with Crippen molar-refractivity contribution in [1.82, 2.24) is 15.3 Å². The van der Waals surface area contributed by atoms with Gasteiger partial charge in [-0.25, -0.2) is 9.97 Å². The van der Waals surface area contributed by atoms with E-state index in [9.17, 15) is 4.79 Å². The maximum atomic E-state index is 11.8. The summed E-state index contributed by atoms with van der Waals surface area (Å²) in [4.78, 5) is 22.8. The Hall–Kier alpha value is -1.69. The van der Waals surface area contributed by atoms with Crippen molar-refractivity contribution in [3.05, 3.63) is 18.0 Å². The first-order valence-corrected chi connectivity index (χ1v) is 7.14. The van der Waals surface area contributed by atoms with Crippen LogP contribution in [-0.2, 0) is 16.0 Å². The minimum Gasteiger partial charge on any atom is -0.370 e. The Morgan fingerprint density at radius 3 is 2.85 bits per heavy atom. The number of amides is 1. The molecule has 0 spiro atoms. The molecule has 20 heavy (non-hydrogen) atoms. The summed E-state index contributed by atoms with van der Waals surface area (Å²) in [6.45, 7) is 3.52. The molecule has 1 N–H and O–H groups in total. The number of aryl methyl sites for hydroxylation is 1. The van der Waals surface area contributed by atoms with E-state index in [1.54, 1.807) is 7.05 Å². The second kappa shape index (κ2) is 5.36. The van der Waals surface area contributed by atoms with Gasteiger partial charge in [0, 0.05) is 32.5 Å². The van der Waals surface area contributed by atoms with Crippen molar-refractivity contribution >= 4 is 11.9 Å². The van der Waals surface area contributed by atoms with Gasteiger partial charge in [-0.05, 0) is 18.4 Å². The Morgan fingerprint density at radius 2 is 2.20 bits per heavy atom. The summed E-state index contributed by atoms with van der Waals surface area (Å²) < 4.78 is 5.87. The Balaban J connectivity index is 1.73. The van der Waals surface area contributed by atoms with Crippen LogP contribution in [0.2, 0.25) is 0 Å². The normalized spacial score (nSPS) is 28.5. The molecule has 2 bridgehead atoms. The van der Waals surface area contributed by atoms with Crippen LogP contribution in [0.5, 0.6) is 0 Å². The van der Waals surface area contributed by atoms with E-state index in [1.807, 2.05) is 12.4 Å². The summed E-state index contributed by atoms with van der Waals surface area (Å²) in [7, 11) is 1.68. The van der Waals surface area contributed by atoms with Crippen molar-refractivity contribution in [3.63, 3.8) is 0 Å². The largest absolute Gasteiger partial charge is 0.370 e. The molecule has 3 rings (SSSR count). The number of carbonyl (C=O) groups excluding carboxylic acids is 1. The molecule has 3 atom stereocenters. The molecule has 0 saturated carbocycles. The summed E-state index contributed by atoms with van der Waals surface area (Å²) in [6, 6.07) is 0. The molecule has 3 heterocycles. The lowest BCUT2D eigenvalue weighted by atomic mass is 10.00. The van der Waals surface area contributed by atoms with Crippen LogP contribution in [0.3, 0.4) is 0 Å². The topological polar surface area (TPSA) is 67.4 Å². The van der Waals surface area contributed by atoms with Gasteiger partial charge in [0.15, 0.2) is 0 Å². The first kappa shape index (κ1) is 13.3. The van der Waals surface area contributed by atoms with Gasteiger partial charge in [0.2, 0.25) is 11.9 Å². The van der Waals surface area contributed by atoms with Crippen molar-refractivity contribution in [3.8, 4) is 0 Å². The predicted molar refractivity (Wildman–Crippen MR) is 74.5 cm³/mol. The zero-order chi connectivity index (χ0) is 14.1. The predicted octanol–water partition coefficient (Wildman–Crippen LogP) is 0.379. The number of fused-ring (bicyclic) bond motifs is 2. The van der Waals surface area contributed by atoms with Gasteiger partial charge in [-0.3, -0.25) is 4.79 Å². The highest BCUT2D eigenvalue weighted by Crippen LogP contribution is 2.33. The number of carbonyl (C=O) groups is 1. The molecular formula is C14H20N4O2. The SMILES string of the molecule is CCc1cnc(N2C[C@@H]3C[C@H](C(=O)NC)[C@H](C2)O3)nc1. The van der Waals surface area contributed by atoms with Crippen LogP contribution in [-0.4, -0.2) is 48.2 Å². The Kier molecular flexibility index (Phi) is 3.56. The summed E-state index contributed by atoms with van der Waals surface area (Å²) in [5, 5.41) is 2.72. The molecular weight excluding hydrogens is 256 g/mol. The van der Waals surface area contributed by atoms with E-state index < -0.39 is 0 Å². The number of nitrogens with one attached hydrogen (secondary N) is 1. The molecule has 1 aromatic rings. The van der Waals surface area contributed by atoms with Crippen LogP contribution in [0.15, 0.2) is 12.4 Å². The van der Waals surface area contributed by atoms with Gasteiger partial charge < -0.3 is 15.0 Å². The quantitative estimate of drug-likeness (QED) is 0.864. The van der Waals surface area contributed by atoms with E-state index in [2.05, 4.69) is 27.1 Å². The van der Waals surface area contributed by atoms with Crippen molar-refractivity contribution in [2.45, 2.75) is 32.0 Å². The molecule has 0 unspecified atom stereocenters. The summed E-state index contributed by atoms with van der Waals surface area (Å²) in [5.74, 6) is 0.754. The van der Waals surface area contributed by atoms with Crippen molar-refractivity contribution in [1.29, 1.82) is 0 Å². The molecule has 0 radical (unpaired) electrons. The van der Waals surface area contributed by atoms with Gasteiger partial charge in [-0.15, -0.1) is 0 Å². The molecule has 2 aliphatic rings. The molecule has 6 heteroatoms. The van der Waals surface area contributed by atoms with E-state index in [1.165, 1.54) is 0 Å². The van der Waals surface area contributed by atoms with Crippen molar-refractivity contribution < 1.29 is 9.53 Å². The van der Waals surface area contributed by atoms with Gasteiger partial charge in [0.25, 0.3) is 0 Å². The molecule has 108 valence electrons. The molecule has 0 aliphatic carbocycles. The van der Waals surface area contributed by atoms with E-state index in [4.69, 9.17) is 4.74 Å². The van der Waals surface area contributed by atoms with Crippen LogP contribution in [0.4, 0.5) is 5.95 Å². The van der Waals surface area contributed by atoms with Gasteiger partial charge in [0.05, 0.1) is 18.1 Å². The van der Waals surface area contributed by atoms with Crippen LogP contribution in [0.1, 0.15) is 18.9 Å². The summed E-state index contributed by atoms with van der Waals surface area (Å²) >= 11 is 0. The number of aromatic nitrogens is 2. The molecule has 2 fully saturated rings. The lowest BCUT2D eigenvalue weighted by molar-refractivity contribution is -0.126. The van der Waals surface area contributed by atoms with E-state index in [0.717, 1.165) is 30.9 Å². The lowest BCUT2D eigenvalue weighted by Gasteiger charge is -2.32. The second-order valence-corrected chi connectivity index (χ2v) is 5.40. The first-order chi connectivity index (χ1) is 9.71. The highest BCUT2D eigenvalue weighted by Gasteiger charge is 2.44. The number of nitrogens with zero attached hydrogens (tertiary/aromatic N) is 3. The van der Waals surface area contributed by atoms with E-state index in [0.29, 0.717) is 6.54 Å². The third kappa shape index (κ3) is 2.35. The molecule has 0 aromatic carbocycles. The Labute approximate surface area is 118 Å². The maximum Gasteiger partial charge on any atom is 0.225 e. The standard InChI is InChI=1S/C14H20N4O2/c1-3-9-5-16-14(17-6-9)18-7-10-4-11(13(19)15-2)12(8-18)20-10/h5-6,10-12H,3-4,7-8H2,1-2H3,(H,15,19)/t10-,11-,12-/m0/s1. The minimum absolute atomic E-state index is 0.0510. The fraction of sp³-hybridized carbons (Fsp3) is 0.643. The number of ether oxygens (including phenoxy) is 1. The van der Waals surface area contributed by atoms with Gasteiger partial charge in [-0.2, -0.15) is 0 Å². The molecule has 2 aliphatic heterocycles. The monoisotopic (exact) mass is 276 g/mol. The van der Waals surface area contributed by atoms with Gasteiger partial charge in [-0.1, -0.05) is 6.92 Å². The zero-order valence-corrected chi connectivity index (χ0v) is 11.9. The number of morpholine rings is 1. The maximum absolute atomic E-state index is 11.8. The second-order valence-electron chi connectivity index (χ2n) is 5.40. The molecule has 1 aromatic heterocycles. The summed E-state index contributed by atoms with van der Waals surface area (Å²) in [5.41, 5.74) is 1.13. The first-order valence-electron chi connectivity index (χ1n) is 7.14. The Morgan fingerprint density at radius 1 is 1.45 bits per heavy atom. The fourth-order valence-electron chi connectivity index (χ4n) is 2.98. The lowest BCUT2D eigenvalue weighted by Crippen LogP contribution is -2.45. The van der Waals surface area contributed by atoms with Crippen LogP contribution >= 0.6 is 0 Å². The molecule has 1 amide bonds. The smallest absolute Gasteiger partial charge is 0.225 e. The fourth-order valence-corrected chi connectivity index (χ4v) is 2.98. The highest BCUT2D eigenvalue weighted by molar-refractivity contribution is 5.79. The zero-order valence-electron chi connectivity index (χ0n) is 11.9. The summed E-state index contributed by atoms with van der Waals surface area (Å²) in [6.07, 6.45) is 5.52. The number of hydrogen-bond donors (Lipinski definition) is 1. The molecule has 6 nitrogen and oxygen atoms in total. The van der Waals surface area contributed by atoms with E-state index in [-0.39, 0.29) is 24.0 Å². The number of anilines is 1. The average Bonchev–Trinajstić information content (AvgIpc) is 2.80. The van der Waals surface area contributed by atoms with Gasteiger partial charge in [0.1, 0.15) is 0 Å². The van der Waals surface area contributed by atoms with Crippen LogP contribution in [0, 0.1) is 5.92 Å². The number of rotatable bonds is 3. The third-order valence-corrected chi connectivity index (χ3v) is 4.12. The van der Waals surface area contributed by atoms with Crippen molar-refractivity contribution in [2.24, 2.45) is 5.92 Å². The van der Waals surface area contributed by atoms with Crippen molar-refractivity contribution in [2.75, 3.05) is 25.0 Å². The average molecular weight is 276 g/mol. The van der Waals surface area contributed by atoms with E-state index >= 15 is 0 Å². The van der Waals surface area contributed by atoms with Crippen LogP contribution < -0.4 is 10.2 Å². The van der Waals surface area contributed by atoms with Crippen LogP contribution in [0.25, 0.3) is 0 Å². The highest BCUT2D eigenvalue weighted by atomic mass is 16.5. The number of hydrogen-bond acceptors (Lipinski definition) is 5. The molecule has 2 saturated heterocycles. The van der Waals surface area contributed by atoms with Gasteiger partial charge >= 0.3 is 0 Å².